The number of nitrogens with zero attached hydrogens (tertiary/aromatic N) is 3. The van der Waals surface area contributed by atoms with E-state index < -0.39 is 22.0 Å². The summed E-state index contributed by atoms with van der Waals surface area (Å²) in [6, 6.07) is 3.67. The van der Waals surface area contributed by atoms with E-state index in [1.54, 1.807) is 20.9 Å². The van der Waals surface area contributed by atoms with Crippen LogP contribution in [0.2, 0.25) is 0 Å². The van der Waals surface area contributed by atoms with Gasteiger partial charge in [-0.1, -0.05) is 13.3 Å². The van der Waals surface area contributed by atoms with Crippen LogP contribution >= 0.6 is 0 Å². The maximum Gasteiger partial charge on any atom is 0.302 e. The van der Waals surface area contributed by atoms with Crippen LogP contribution in [0.3, 0.4) is 0 Å². The molecule has 0 radical (unpaired) electrons. The zero-order valence-electron chi connectivity index (χ0n) is 19.8. The molecule has 11 nitrogen and oxygen atoms in total. The van der Waals surface area contributed by atoms with E-state index in [9.17, 15) is 18.0 Å². The third kappa shape index (κ3) is 5.45. The van der Waals surface area contributed by atoms with Crippen LogP contribution < -0.4 is 15.0 Å². The van der Waals surface area contributed by atoms with Gasteiger partial charge >= 0.3 is 5.97 Å². The van der Waals surface area contributed by atoms with Crippen LogP contribution in [-0.4, -0.2) is 53.4 Å². The zero-order valence-corrected chi connectivity index (χ0v) is 20.7. The second-order valence-electron chi connectivity index (χ2n) is 7.85. The first-order valence-electron chi connectivity index (χ1n) is 11.0. The van der Waals surface area contributed by atoms with Gasteiger partial charge in [-0.15, -0.1) is 0 Å². The lowest BCUT2D eigenvalue weighted by Gasteiger charge is -2.16. The molecule has 1 aromatic carbocycles. The van der Waals surface area contributed by atoms with Gasteiger partial charge in [0.1, 0.15) is 23.7 Å². The molecule has 0 fully saturated rings. The van der Waals surface area contributed by atoms with E-state index >= 15 is 0 Å². The summed E-state index contributed by atoms with van der Waals surface area (Å²) in [5.41, 5.74) is 1.43. The number of ether oxygens (including phenoxy) is 2. The van der Waals surface area contributed by atoms with Gasteiger partial charge in [0.25, 0.3) is 5.56 Å². The zero-order chi connectivity index (χ0) is 25.0. The van der Waals surface area contributed by atoms with Gasteiger partial charge in [-0.25, -0.2) is 18.1 Å². The molecular weight excluding hydrogens is 462 g/mol. The molecule has 1 atom stereocenters. The molecule has 0 aliphatic heterocycles. The lowest BCUT2D eigenvalue weighted by molar-refractivity contribution is -0.141. The number of aromatic nitrogens is 4. The monoisotopic (exact) mass is 491 g/mol. The van der Waals surface area contributed by atoms with Crippen molar-refractivity contribution in [1.82, 2.24) is 24.5 Å². The molecule has 0 bridgehead atoms. The molecule has 0 aliphatic carbocycles. The van der Waals surface area contributed by atoms with Gasteiger partial charge in [0.05, 0.1) is 28.8 Å². The number of benzene rings is 1. The number of carbonyl (C=O) groups excluding carboxylic acids is 1. The van der Waals surface area contributed by atoms with Crippen LogP contribution in [0.15, 0.2) is 27.9 Å². The van der Waals surface area contributed by atoms with Gasteiger partial charge in [-0.2, -0.15) is 5.10 Å². The molecule has 3 aromatic rings. The molecule has 12 heteroatoms. The second kappa shape index (κ2) is 10.3. The molecule has 2 heterocycles. The first-order valence-corrected chi connectivity index (χ1v) is 12.4. The van der Waals surface area contributed by atoms with Gasteiger partial charge in [-0.05, 0) is 38.5 Å². The normalized spacial score (nSPS) is 12.6. The summed E-state index contributed by atoms with van der Waals surface area (Å²) in [6.45, 7) is 6.86. The van der Waals surface area contributed by atoms with Gasteiger partial charge in [0.2, 0.25) is 10.0 Å². The first-order chi connectivity index (χ1) is 16.1. The SMILES string of the molecule is CCCc1nn(C)c2c(=O)[nH]c(-c3cc(S(=O)(=O)NC(C)COC(C)=O)ccc3OCC)nc12. The highest BCUT2D eigenvalue weighted by Gasteiger charge is 2.22. The number of carbonyl (C=O) groups is 1. The highest BCUT2D eigenvalue weighted by Crippen LogP contribution is 2.31. The molecule has 184 valence electrons. The van der Waals surface area contributed by atoms with Gasteiger partial charge in [-0.3, -0.25) is 14.3 Å². The molecule has 0 saturated carbocycles. The third-order valence-electron chi connectivity index (χ3n) is 4.96. The topological polar surface area (TPSA) is 145 Å². The van der Waals surface area contributed by atoms with Crippen molar-refractivity contribution in [2.45, 2.75) is 51.5 Å². The Kier molecular flexibility index (Phi) is 7.72. The average Bonchev–Trinajstić information content (AvgIpc) is 3.08. The Morgan fingerprint density at radius 3 is 2.68 bits per heavy atom. The van der Waals surface area contributed by atoms with Crippen LogP contribution in [0.1, 0.15) is 39.8 Å². The van der Waals surface area contributed by atoms with Crippen molar-refractivity contribution in [1.29, 1.82) is 0 Å². The quantitative estimate of drug-likeness (QED) is 0.409. The lowest BCUT2D eigenvalue weighted by atomic mass is 10.1. The fourth-order valence-electron chi connectivity index (χ4n) is 3.53. The lowest BCUT2D eigenvalue weighted by Crippen LogP contribution is -2.36. The second-order valence-corrected chi connectivity index (χ2v) is 9.56. The highest BCUT2D eigenvalue weighted by atomic mass is 32.2. The van der Waals surface area contributed by atoms with E-state index in [1.165, 1.54) is 29.8 Å². The molecule has 0 saturated heterocycles. The Hall–Kier alpha value is -3.25. The van der Waals surface area contributed by atoms with Gasteiger partial charge in [0.15, 0.2) is 5.52 Å². The number of aryl methyl sites for hydroxylation is 2. The number of aromatic amines is 1. The van der Waals surface area contributed by atoms with Crippen LogP contribution in [0.25, 0.3) is 22.4 Å². The number of H-pyrrole nitrogens is 1. The Bertz CT molecular complexity index is 1360. The van der Waals surface area contributed by atoms with Crippen LogP contribution in [-0.2, 0) is 33.0 Å². The molecule has 2 aromatic heterocycles. The number of rotatable bonds is 10. The number of nitrogens with one attached hydrogen (secondary N) is 2. The van der Waals surface area contributed by atoms with E-state index in [0.29, 0.717) is 41.1 Å². The molecular formula is C22H29N5O6S. The van der Waals surface area contributed by atoms with Crippen LogP contribution in [0, 0.1) is 0 Å². The number of sulfonamides is 1. The predicted molar refractivity (Wildman–Crippen MR) is 126 cm³/mol. The van der Waals surface area contributed by atoms with Crippen molar-refractivity contribution in [3.8, 4) is 17.1 Å². The van der Waals surface area contributed by atoms with Crippen molar-refractivity contribution >= 4 is 27.0 Å². The van der Waals surface area contributed by atoms with Crippen molar-refractivity contribution in [3.05, 3.63) is 34.2 Å². The summed E-state index contributed by atoms with van der Waals surface area (Å²) in [6.07, 6.45) is 1.47. The van der Waals surface area contributed by atoms with E-state index in [0.717, 1.165) is 6.42 Å². The van der Waals surface area contributed by atoms with Crippen molar-refractivity contribution in [2.75, 3.05) is 13.2 Å². The molecule has 0 amide bonds. The Morgan fingerprint density at radius 2 is 2.03 bits per heavy atom. The fourth-order valence-corrected chi connectivity index (χ4v) is 4.79. The van der Waals surface area contributed by atoms with E-state index in [-0.39, 0.29) is 22.9 Å². The van der Waals surface area contributed by atoms with E-state index in [4.69, 9.17) is 9.47 Å². The summed E-state index contributed by atoms with van der Waals surface area (Å²) in [5.74, 6) is 0.0480. The van der Waals surface area contributed by atoms with Crippen molar-refractivity contribution in [3.63, 3.8) is 0 Å². The molecule has 34 heavy (non-hydrogen) atoms. The first kappa shape index (κ1) is 25.4. The summed E-state index contributed by atoms with van der Waals surface area (Å²) < 4.78 is 40.5. The van der Waals surface area contributed by atoms with Gasteiger partial charge < -0.3 is 14.5 Å². The smallest absolute Gasteiger partial charge is 0.302 e. The standard InChI is InChI=1S/C22H29N5O6S/c1-6-8-17-19-20(27(5)25-17)22(29)24-21(23-19)16-11-15(9-10-18(16)32-7-2)34(30,31)26-13(3)12-33-14(4)28/h9-11,13,26H,6-8,12H2,1-5H3,(H,23,24,29). The molecule has 2 N–H and O–H groups in total. The van der Waals surface area contributed by atoms with Crippen LogP contribution in [0.4, 0.5) is 0 Å². The predicted octanol–water partition coefficient (Wildman–Crippen LogP) is 1.90. The molecule has 3 rings (SSSR count). The Balaban J connectivity index is 2.10. The van der Waals surface area contributed by atoms with Crippen molar-refractivity contribution < 1.29 is 22.7 Å². The van der Waals surface area contributed by atoms with E-state index in [1.807, 2.05) is 6.92 Å². The number of esters is 1. The van der Waals surface area contributed by atoms with E-state index in [2.05, 4.69) is 19.8 Å². The third-order valence-corrected chi connectivity index (χ3v) is 6.55. The van der Waals surface area contributed by atoms with Gasteiger partial charge in [0, 0.05) is 14.0 Å². The highest BCUT2D eigenvalue weighted by molar-refractivity contribution is 7.89. The summed E-state index contributed by atoms with van der Waals surface area (Å²) in [5, 5.41) is 4.41. The summed E-state index contributed by atoms with van der Waals surface area (Å²) in [7, 11) is -2.29. The minimum absolute atomic E-state index is 0.0525. The van der Waals surface area contributed by atoms with Crippen LogP contribution in [0.5, 0.6) is 5.75 Å². The molecule has 1 unspecified atom stereocenters. The minimum atomic E-state index is -3.97. The largest absolute Gasteiger partial charge is 0.493 e. The Morgan fingerprint density at radius 1 is 1.29 bits per heavy atom. The minimum Gasteiger partial charge on any atom is -0.493 e. The fraction of sp³-hybridized carbons (Fsp3) is 0.455. The van der Waals surface area contributed by atoms with Crippen molar-refractivity contribution in [2.24, 2.45) is 7.05 Å². The molecule has 0 spiro atoms. The average molecular weight is 492 g/mol. The maximum absolute atomic E-state index is 13.0. The summed E-state index contributed by atoms with van der Waals surface area (Å²) >= 11 is 0. The molecule has 0 aliphatic rings. The Labute approximate surface area is 197 Å². The number of hydrogen-bond donors (Lipinski definition) is 2. The number of hydrogen-bond acceptors (Lipinski definition) is 8. The number of fused-ring (bicyclic) bond motifs is 1. The maximum atomic E-state index is 13.0. The summed E-state index contributed by atoms with van der Waals surface area (Å²) in [4.78, 5) is 31.2.